The summed E-state index contributed by atoms with van der Waals surface area (Å²) < 4.78 is 38.5. The van der Waals surface area contributed by atoms with Crippen LogP contribution in [0.5, 0.6) is 0 Å². The predicted molar refractivity (Wildman–Crippen MR) is 73.1 cm³/mol. The minimum absolute atomic E-state index is 0.0645. The molecule has 0 spiro atoms. The van der Waals surface area contributed by atoms with Gasteiger partial charge >= 0.3 is 0 Å². The molecule has 23 heavy (non-hydrogen) atoms. The Hall–Kier alpha value is -2.25. The van der Waals surface area contributed by atoms with E-state index in [4.69, 9.17) is 8.83 Å². The normalized spacial score (nSPS) is 23.4. The molecule has 0 aromatic carbocycles. The van der Waals surface area contributed by atoms with E-state index in [0.717, 1.165) is 17.7 Å². The fourth-order valence-corrected chi connectivity index (χ4v) is 2.85. The van der Waals surface area contributed by atoms with Gasteiger partial charge in [0.15, 0.2) is 5.76 Å². The SMILES string of the molecule is Cc1ccoc1C(=O)N1CC(F)(F)C[C@H]1c1nnc(C2CC2)o1. The predicted octanol–water partition coefficient (Wildman–Crippen LogP) is 3.07. The molecule has 2 aromatic rings. The van der Waals surface area contributed by atoms with Crippen molar-refractivity contribution in [3.8, 4) is 0 Å². The highest BCUT2D eigenvalue weighted by Gasteiger charge is 2.50. The first-order valence-electron chi connectivity index (χ1n) is 7.51. The molecule has 1 aliphatic heterocycles. The third kappa shape index (κ3) is 2.51. The van der Waals surface area contributed by atoms with Crippen LogP contribution in [0, 0.1) is 6.92 Å². The number of aromatic nitrogens is 2. The molecule has 2 fully saturated rings. The van der Waals surface area contributed by atoms with Gasteiger partial charge in [0.1, 0.15) is 6.04 Å². The molecular formula is C15H15F2N3O3. The van der Waals surface area contributed by atoms with Crippen molar-refractivity contribution in [1.82, 2.24) is 15.1 Å². The average Bonchev–Trinajstić information content (AvgIpc) is 2.94. The van der Waals surface area contributed by atoms with Gasteiger partial charge in [-0.05, 0) is 25.8 Å². The van der Waals surface area contributed by atoms with Gasteiger partial charge in [0.05, 0.1) is 12.8 Å². The lowest BCUT2D eigenvalue weighted by Crippen LogP contribution is -2.33. The van der Waals surface area contributed by atoms with Crippen molar-refractivity contribution >= 4 is 5.91 Å². The Kier molecular flexibility index (Phi) is 3.04. The van der Waals surface area contributed by atoms with Gasteiger partial charge in [0.25, 0.3) is 11.8 Å². The molecular weight excluding hydrogens is 308 g/mol. The number of likely N-dealkylation sites (tertiary alicyclic amines) is 1. The van der Waals surface area contributed by atoms with Crippen molar-refractivity contribution in [1.29, 1.82) is 0 Å². The van der Waals surface area contributed by atoms with Crippen molar-refractivity contribution in [3.05, 3.63) is 35.4 Å². The van der Waals surface area contributed by atoms with Crippen LogP contribution >= 0.6 is 0 Å². The van der Waals surface area contributed by atoms with Crippen LogP contribution in [0.25, 0.3) is 0 Å². The maximum Gasteiger partial charge on any atom is 0.290 e. The highest BCUT2D eigenvalue weighted by Crippen LogP contribution is 2.44. The highest BCUT2D eigenvalue weighted by atomic mass is 19.3. The van der Waals surface area contributed by atoms with Crippen LogP contribution in [0.1, 0.15) is 59.1 Å². The van der Waals surface area contributed by atoms with Gasteiger partial charge in [-0.3, -0.25) is 4.79 Å². The highest BCUT2D eigenvalue weighted by molar-refractivity contribution is 5.93. The van der Waals surface area contributed by atoms with Crippen molar-refractivity contribution < 1.29 is 22.4 Å². The molecule has 122 valence electrons. The largest absolute Gasteiger partial charge is 0.459 e. The number of hydrogen-bond acceptors (Lipinski definition) is 5. The van der Waals surface area contributed by atoms with Gasteiger partial charge in [0, 0.05) is 17.9 Å². The zero-order chi connectivity index (χ0) is 16.2. The third-order valence-electron chi connectivity index (χ3n) is 4.25. The first-order chi connectivity index (χ1) is 10.9. The molecule has 1 atom stereocenters. The number of rotatable bonds is 3. The smallest absolute Gasteiger partial charge is 0.290 e. The fourth-order valence-electron chi connectivity index (χ4n) is 2.85. The van der Waals surface area contributed by atoms with Gasteiger partial charge in [-0.2, -0.15) is 0 Å². The van der Waals surface area contributed by atoms with Gasteiger partial charge in [-0.15, -0.1) is 10.2 Å². The standard InChI is InChI=1S/C15H15F2N3O3/c1-8-4-5-22-11(8)14(21)20-7-15(16,17)6-10(20)13-19-18-12(23-13)9-2-3-9/h4-5,9-10H,2-3,6-7H2,1H3/t10-/m0/s1. The van der Waals surface area contributed by atoms with Crippen LogP contribution in [0.3, 0.4) is 0 Å². The number of carbonyl (C=O) groups excluding carboxylic acids is 1. The summed E-state index contributed by atoms with van der Waals surface area (Å²) in [7, 11) is 0. The summed E-state index contributed by atoms with van der Waals surface area (Å²) in [6, 6.07) is 0.691. The van der Waals surface area contributed by atoms with Gasteiger partial charge in [-0.1, -0.05) is 0 Å². The van der Waals surface area contributed by atoms with Gasteiger partial charge in [-0.25, -0.2) is 8.78 Å². The molecule has 2 aliphatic rings. The molecule has 8 heteroatoms. The minimum Gasteiger partial charge on any atom is -0.459 e. The van der Waals surface area contributed by atoms with Crippen LogP contribution in [-0.2, 0) is 0 Å². The van der Waals surface area contributed by atoms with Gasteiger partial charge < -0.3 is 13.7 Å². The Morgan fingerprint density at radius 1 is 1.35 bits per heavy atom. The lowest BCUT2D eigenvalue weighted by molar-refractivity contribution is 0.0113. The van der Waals surface area contributed by atoms with Crippen LogP contribution in [0.2, 0.25) is 0 Å². The number of amides is 1. The zero-order valence-corrected chi connectivity index (χ0v) is 12.5. The van der Waals surface area contributed by atoms with E-state index in [1.54, 1.807) is 13.0 Å². The van der Waals surface area contributed by atoms with Crippen LogP contribution in [0.15, 0.2) is 21.2 Å². The fraction of sp³-hybridized carbons (Fsp3) is 0.533. The second-order valence-electron chi connectivity index (χ2n) is 6.19. The third-order valence-corrected chi connectivity index (χ3v) is 4.25. The first-order valence-corrected chi connectivity index (χ1v) is 7.51. The van der Waals surface area contributed by atoms with E-state index >= 15 is 0 Å². The van der Waals surface area contributed by atoms with Crippen molar-refractivity contribution in [2.75, 3.05) is 6.54 Å². The summed E-state index contributed by atoms with van der Waals surface area (Å²) in [4.78, 5) is 13.6. The van der Waals surface area contributed by atoms with E-state index in [-0.39, 0.29) is 17.6 Å². The number of carbonyl (C=O) groups is 1. The molecule has 4 rings (SSSR count). The quantitative estimate of drug-likeness (QED) is 0.868. The molecule has 0 N–H and O–H groups in total. The maximum absolute atomic E-state index is 13.9. The first kappa shape index (κ1) is 14.3. The maximum atomic E-state index is 13.9. The molecule has 1 saturated carbocycles. The lowest BCUT2D eigenvalue weighted by atomic mass is 10.2. The molecule has 1 saturated heterocycles. The van der Waals surface area contributed by atoms with E-state index in [1.807, 2.05) is 0 Å². The molecule has 0 radical (unpaired) electrons. The molecule has 3 heterocycles. The topological polar surface area (TPSA) is 72.4 Å². The molecule has 1 amide bonds. The molecule has 0 bridgehead atoms. The van der Waals surface area contributed by atoms with E-state index in [2.05, 4.69) is 10.2 Å². The Balaban J connectivity index is 1.65. The monoisotopic (exact) mass is 323 g/mol. The summed E-state index contributed by atoms with van der Waals surface area (Å²) in [6.07, 6.45) is 2.78. The molecule has 2 aromatic heterocycles. The van der Waals surface area contributed by atoms with Crippen molar-refractivity contribution in [3.63, 3.8) is 0 Å². The lowest BCUT2D eigenvalue weighted by Gasteiger charge is -2.20. The molecule has 0 unspecified atom stereocenters. The summed E-state index contributed by atoms with van der Waals surface area (Å²) in [5.74, 6) is -2.74. The summed E-state index contributed by atoms with van der Waals surface area (Å²) in [6.45, 7) is 1.01. The Bertz CT molecular complexity index is 751. The number of aryl methyl sites for hydroxylation is 1. The summed E-state index contributed by atoms with van der Waals surface area (Å²) in [5.41, 5.74) is 0.605. The van der Waals surface area contributed by atoms with E-state index in [1.165, 1.54) is 6.26 Å². The van der Waals surface area contributed by atoms with Gasteiger partial charge in [0.2, 0.25) is 11.8 Å². The Morgan fingerprint density at radius 2 is 2.09 bits per heavy atom. The summed E-state index contributed by atoms with van der Waals surface area (Å²) in [5, 5.41) is 7.81. The summed E-state index contributed by atoms with van der Waals surface area (Å²) >= 11 is 0. The Labute approximate surface area is 130 Å². The van der Waals surface area contributed by atoms with Crippen LogP contribution < -0.4 is 0 Å². The average molecular weight is 323 g/mol. The van der Waals surface area contributed by atoms with Crippen molar-refractivity contribution in [2.24, 2.45) is 0 Å². The zero-order valence-electron chi connectivity index (χ0n) is 12.5. The number of furan rings is 1. The number of halogens is 2. The molecule has 6 nitrogen and oxygen atoms in total. The Morgan fingerprint density at radius 3 is 2.74 bits per heavy atom. The van der Waals surface area contributed by atoms with E-state index in [9.17, 15) is 13.6 Å². The van der Waals surface area contributed by atoms with E-state index in [0.29, 0.717) is 11.5 Å². The second-order valence-corrected chi connectivity index (χ2v) is 6.19. The van der Waals surface area contributed by atoms with Crippen molar-refractivity contribution in [2.45, 2.75) is 44.1 Å². The van der Waals surface area contributed by atoms with Crippen LogP contribution in [-0.4, -0.2) is 33.5 Å². The minimum atomic E-state index is -2.99. The number of alkyl halides is 2. The van der Waals surface area contributed by atoms with Crippen LogP contribution in [0.4, 0.5) is 8.78 Å². The van der Waals surface area contributed by atoms with E-state index < -0.39 is 30.8 Å². The number of hydrogen-bond donors (Lipinski definition) is 0. The molecule has 1 aliphatic carbocycles. The second kappa shape index (κ2) is 4.87. The number of nitrogens with zero attached hydrogens (tertiary/aromatic N) is 3.